The highest BCUT2D eigenvalue weighted by molar-refractivity contribution is 5.64. The number of rotatable bonds is 4. The van der Waals surface area contributed by atoms with E-state index in [2.05, 4.69) is 10.2 Å². The zero-order valence-corrected chi connectivity index (χ0v) is 12.2. The molecule has 1 saturated heterocycles. The number of nitro groups is 1. The largest absolute Gasteiger partial charge is 0.385 e. The molecule has 1 aromatic carbocycles. The van der Waals surface area contributed by atoms with E-state index < -0.39 is 0 Å². The Labute approximate surface area is 118 Å². The standard InChI is InChI=1S/C14H21N3O3/c1-4-15-11-7-12(9-13(8-11)17(18)19)16-5-6-20-14(2,3)10-16/h7-9,15H,4-6,10H2,1-3H3. The minimum absolute atomic E-state index is 0.114. The molecule has 1 aromatic rings. The summed E-state index contributed by atoms with van der Waals surface area (Å²) in [4.78, 5) is 12.8. The number of hydrogen-bond acceptors (Lipinski definition) is 5. The second kappa shape index (κ2) is 5.66. The maximum absolute atomic E-state index is 11.1. The lowest BCUT2D eigenvalue weighted by Crippen LogP contribution is -2.48. The lowest BCUT2D eigenvalue weighted by atomic mass is 10.1. The van der Waals surface area contributed by atoms with Crippen LogP contribution in [0.15, 0.2) is 18.2 Å². The molecule has 0 atom stereocenters. The monoisotopic (exact) mass is 279 g/mol. The lowest BCUT2D eigenvalue weighted by Gasteiger charge is -2.39. The summed E-state index contributed by atoms with van der Waals surface area (Å²) >= 11 is 0. The van der Waals surface area contributed by atoms with Gasteiger partial charge in [-0.15, -0.1) is 0 Å². The molecule has 0 aromatic heterocycles. The highest BCUT2D eigenvalue weighted by Crippen LogP contribution is 2.30. The van der Waals surface area contributed by atoms with Crippen molar-refractivity contribution in [1.29, 1.82) is 0 Å². The van der Waals surface area contributed by atoms with E-state index in [0.717, 1.165) is 31.0 Å². The third-order valence-electron chi connectivity index (χ3n) is 3.29. The topological polar surface area (TPSA) is 67.6 Å². The summed E-state index contributed by atoms with van der Waals surface area (Å²) in [5.74, 6) is 0. The average Bonchev–Trinajstić information content (AvgIpc) is 2.37. The van der Waals surface area contributed by atoms with Crippen LogP contribution in [0.2, 0.25) is 0 Å². The quantitative estimate of drug-likeness (QED) is 0.678. The Morgan fingerprint density at radius 3 is 2.80 bits per heavy atom. The van der Waals surface area contributed by atoms with Crippen molar-refractivity contribution in [2.45, 2.75) is 26.4 Å². The van der Waals surface area contributed by atoms with Crippen LogP contribution in [0.25, 0.3) is 0 Å². The average molecular weight is 279 g/mol. The first-order valence-corrected chi connectivity index (χ1v) is 6.83. The number of morpholine rings is 1. The molecule has 1 aliphatic heterocycles. The minimum atomic E-state index is -0.351. The van der Waals surface area contributed by atoms with Gasteiger partial charge in [-0.3, -0.25) is 10.1 Å². The molecule has 0 saturated carbocycles. The summed E-state index contributed by atoms with van der Waals surface area (Å²) in [6.45, 7) is 8.86. The number of hydrogen-bond donors (Lipinski definition) is 1. The Morgan fingerprint density at radius 2 is 2.20 bits per heavy atom. The maximum atomic E-state index is 11.1. The molecule has 0 unspecified atom stereocenters. The van der Waals surface area contributed by atoms with E-state index in [4.69, 9.17) is 4.74 Å². The van der Waals surface area contributed by atoms with E-state index in [-0.39, 0.29) is 16.2 Å². The van der Waals surface area contributed by atoms with Gasteiger partial charge in [0, 0.05) is 43.1 Å². The molecule has 20 heavy (non-hydrogen) atoms. The van der Waals surface area contributed by atoms with E-state index in [1.807, 2.05) is 26.8 Å². The minimum Gasteiger partial charge on any atom is -0.385 e. The van der Waals surface area contributed by atoms with Crippen molar-refractivity contribution in [1.82, 2.24) is 0 Å². The molecule has 6 nitrogen and oxygen atoms in total. The predicted molar refractivity (Wildman–Crippen MR) is 79.5 cm³/mol. The summed E-state index contributed by atoms with van der Waals surface area (Å²) in [5.41, 5.74) is 1.52. The molecular weight excluding hydrogens is 258 g/mol. The smallest absolute Gasteiger partial charge is 0.273 e. The predicted octanol–water partition coefficient (Wildman–Crippen LogP) is 2.64. The second-order valence-corrected chi connectivity index (χ2v) is 5.56. The summed E-state index contributed by atoms with van der Waals surface area (Å²) in [7, 11) is 0. The van der Waals surface area contributed by atoms with E-state index in [0.29, 0.717) is 6.61 Å². The summed E-state index contributed by atoms with van der Waals surface area (Å²) in [6, 6.07) is 5.15. The SMILES string of the molecule is CCNc1cc(N2CCOC(C)(C)C2)cc([N+](=O)[O-])c1. The molecule has 1 aliphatic rings. The van der Waals surface area contributed by atoms with Crippen LogP contribution in [0.4, 0.5) is 17.1 Å². The summed E-state index contributed by atoms with van der Waals surface area (Å²) in [6.07, 6.45) is 0. The normalized spacial score (nSPS) is 17.9. The van der Waals surface area contributed by atoms with Crippen LogP contribution in [-0.2, 0) is 4.74 Å². The van der Waals surface area contributed by atoms with Crippen LogP contribution in [0.5, 0.6) is 0 Å². The van der Waals surface area contributed by atoms with Crippen LogP contribution in [-0.4, -0.2) is 36.8 Å². The van der Waals surface area contributed by atoms with Gasteiger partial charge in [-0.2, -0.15) is 0 Å². The van der Waals surface area contributed by atoms with Crippen LogP contribution >= 0.6 is 0 Å². The Balaban J connectivity index is 2.32. The first-order valence-electron chi connectivity index (χ1n) is 6.83. The van der Waals surface area contributed by atoms with Gasteiger partial charge in [-0.25, -0.2) is 0 Å². The van der Waals surface area contributed by atoms with Crippen LogP contribution in [0, 0.1) is 10.1 Å². The van der Waals surface area contributed by atoms with E-state index in [1.165, 1.54) is 0 Å². The van der Waals surface area contributed by atoms with Gasteiger partial charge in [0.2, 0.25) is 0 Å². The first kappa shape index (κ1) is 14.6. The molecule has 0 radical (unpaired) electrons. The van der Waals surface area contributed by atoms with Crippen molar-refractivity contribution >= 4 is 17.1 Å². The van der Waals surface area contributed by atoms with Crippen molar-refractivity contribution in [3.63, 3.8) is 0 Å². The summed E-state index contributed by atoms with van der Waals surface area (Å²) in [5, 5.41) is 14.2. The van der Waals surface area contributed by atoms with Crippen LogP contribution < -0.4 is 10.2 Å². The fourth-order valence-corrected chi connectivity index (χ4v) is 2.43. The van der Waals surface area contributed by atoms with Crippen molar-refractivity contribution < 1.29 is 9.66 Å². The van der Waals surface area contributed by atoms with Crippen LogP contribution in [0.3, 0.4) is 0 Å². The number of nitro benzene ring substituents is 1. The molecule has 110 valence electrons. The zero-order valence-electron chi connectivity index (χ0n) is 12.2. The molecule has 1 N–H and O–H groups in total. The van der Waals surface area contributed by atoms with Gasteiger partial charge in [0.15, 0.2) is 0 Å². The Kier molecular flexibility index (Phi) is 4.13. The van der Waals surface area contributed by atoms with Gasteiger partial charge >= 0.3 is 0 Å². The van der Waals surface area contributed by atoms with Crippen molar-refractivity contribution in [2.75, 3.05) is 36.5 Å². The van der Waals surface area contributed by atoms with Crippen molar-refractivity contribution in [3.05, 3.63) is 28.3 Å². The molecule has 1 fully saturated rings. The highest BCUT2D eigenvalue weighted by Gasteiger charge is 2.28. The molecule has 0 bridgehead atoms. The Hall–Kier alpha value is -1.82. The molecule has 2 rings (SSSR count). The molecule has 1 heterocycles. The molecule has 0 amide bonds. The van der Waals surface area contributed by atoms with Gasteiger partial charge in [-0.1, -0.05) is 0 Å². The van der Waals surface area contributed by atoms with Gasteiger partial charge in [0.25, 0.3) is 5.69 Å². The molecular formula is C14H21N3O3. The number of nitrogens with one attached hydrogen (secondary N) is 1. The van der Waals surface area contributed by atoms with E-state index in [9.17, 15) is 10.1 Å². The molecule has 0 aliphatic carbocycles. The third kappa shape index (κ3) is 3.39. The fraction of sp³-hybridized carbons (Fsp3) is 0.571. The Morgan fingerprint density at radius 1 is 1.45 bits per heavy atom. The fourth-order valence-electron chi connectivity index (χ4n) is 2.43. The number of anilines is 2. The van der Waals surface area contributed by atoms with Gasteiger partial charge in [0.1, 0.15) is 0 Å². The number of benzene rings is 1. The maximum Gasteiger partial charge on any atom is 0.273 e. The zero-order chi connectivity index (χ0) is 14.8. The number of non-ortho nitro benzene ring substituents is 1. The van der Waals surface area contributed by atoms with E-state index >= 15 is 0 Å². The van der Waals surface area contributed by atoms with Gasteiger partial charge in [0.05, 0.1) is 17.1 Å². The highest BCUT2D eigenvalue weighted by atomic mass is 16.6. The van der Waals surface area contributed by atoms with E-state index in [1.54, 1.807) is 12.1 Å². The second-order valence-electron chi connectivity index (χ2n) is 5.56. The van der Waals surface area contributed by atoms with Gasteiger partial charge < -0.3 is 15.0 Å². The van der Waals surface area contributed by atoms with Crippen LogP contribution in [0.1, 0.15) is 20.8 Å². The van der Waals surface area contributed by atoms with Crippen molar-refractivity contribution in [3.8, 4) is 0 Å². The third-order valence-corrected chi connectivity index (χ3v) is 3.29. The Bertz CT molecular complexity index is 502. The number of nitrogens with zero attached hydrogens (tertiary/aromatic N) is 2. The lowest BCUT2D eigenvalue weighted by molar-refractivity contribution is -0.384. The van der Waals surface area contributed by atoms with Gasteiger partial charge in [-0.05, 0) is 26.8 Å². The summed E-state index contributed by atoms with van der Waals surface area (Å²) < 4.78 is 5.68. The first-order chi connectivity index (χ1) is 9.41. The molecule has 0 spiro atoms. The van der Waals surface area contributed by atoms with Crippen molar-refractivity contribution in [2.24, 2.45) is 0 Å². The molecule has 6 heteroatoms. The number of ether oxygens (including phenoxy) is 1.